The minimum absolute atomic E-state index is 0.123. The van der Waals surface area contributed by atoms with E-state index in [0.717, 1.165) is 11.1 Å². The zero-order valence-corrected chi connectivity index (χ0v) is 19.2. The number of nitrogens with one attached hydrogen (secondary N) is 2. The SMILES string of the molecule is CCOC(=O)c1c(C)[nH]c(C(=O)OC(C)C(=O)NC(c2ccccc2)c2ccccc2)c1C. The molecule has 2 N–H and O–H groups in total. The van der Waals surface area contributed by atoms with E-state index in [0.29, 0.717) is 16.8 Å². The molecule has 0 fully saturated rings. The Kier molecular flexibility index (Phi) is 7.66. The Hall–Kier alpha value is -3.87. The fraction of sp³-hybridized carbons (Fsp3) is 0.269. The first-order valence-electron chi connectivity index (χ1n) is 10.8. The lowest BCUT2D eigenvalue weighted by Gasteiger charge is -2.22. The summed E-state index contributed by atoms with van der Waals surface area (Å²) in [5.41, 5.74) is 3.17. The molecule has 0 aliphatic rings. The summed E-state index contributed by atoms with van der Waals surface area (Å²) in [6.45, 7) is 6.76. The third-order valence-corrected chi connectivity index (χ3v) is 5.33. The summed E-state index contributed by atoms with van der Waals surface area (Å²) in [5.74, 6) is -1.67. The minimum Gasteiger partial charge on any atom is -0.462 e. The van der Waals surface area contributed by atoms with E-state index < -0.39 is 30.0 Å². The third kappa shape index (κ3) is 5.49. The highest BCUT2D eigenvalue weighted by atomic mass is 16.5. The van der Waals surface area contributed by atoms with Crippen LogP contribution < -0.4 is 5.32 Å². The Balaban J connectivity index is 1.75. The number of aromatic amines is 1. The summed E-state index contributed by atoms with van der Waals surface area (Å²) in [6, 6.07) is 18.7. The molecule has 1 aromatic heterocycles. The smallest absolute Gasteiger partial charge is 0.355 e. The molecule has 3 rings (SSSR count). The first kappa shape index (κ1) is 23.8. The number of ether oxygens (including phenoxy) is 2. The average molecular weight is 449 g/mol. The van der Waals surface area contributed by atoms with Crippen molar-refractivity contribution in [1.82, 2.24) is 10.3 Å². The molecule has 0 spiro atoms. The molecule has 7 nitrogen and oxygen atoms in total. The molecule has 7 heteroatoms. The molecular formula is C26H28N2O5. The summed E-state index contributed by atoms with van der Waals surface area (Å²) < 4.78 is 10.5. The number of benzene rings is 2. The highest BCUT2D eigenvalue weighted by Crippen LogP contribution is 2.23. The molecule has 33 heavy (non-hydrogen) atoms. The highest BCUT2D eigenvalue weighted by molar-refractivity contribution is 5.99. The van der Waals surface area contributed by atoms with Crippen molar-refractivity contribution >= 4 is 17.8 Å². The number of amides is 1. The van der Waals surface area contributed by atoms with Crippen LogP contribution in [0.3, 0.4) is 0 Å². The number of hydrogen-bond donors (Lipinski definition) is 2. The summed E-state index contributed by atoms with van der Waals surface area (Å²) in [6.07, 6.45) is -1.05. The first-order valence-corrected chi connectivity index (χ1v) is 10.8. The second-order valence-electron chi connectivity index (χ2n) is 7.66. The van der Waals surface area contributed by atoms with Crippen LogP contribution in [0.5, 0.6) is 0 Å². The van der Waals surface area contributed by atoms with Crippen LogP contribution in [-0.4, -0.2) is 35.5 Å². The number of esters is 2. The fourth-order valence-corrected chi connectivity index (χ4v) is 3.65. The number of aromatic nitrogens is 1. The third-order valence-electron chi connectivity index (χ3n) is 5.33. The van der Waals surface area contributed by atoms with Gasteiger partial charge in [0.2, 0.25) is 0 Å². The van der Waals surface area contributed by atoms with Gasteiger partial charge in [0.1, 0.15) is 5.69 Å². The fourth-order valence-electron chi connectivity index (χ4n) is 3.65. The summed E-state index contributed by atoms with van der Waals surface area (Å²) in [7, 11) is 0. The molecule has 172 valence electrons. The van der Waals surface area contributed by atoms with Crippen LogP contribution in [0.4, 0.5) is 0 Å². The lowest BCUT2D eigenvalue weighted by Crippen LogP contribution is -2.38. The normalized spacial score (nSPS) is 11.7. The molecule has 0 saturated carbocycles. The molecule has 2 aromatic carbocycles. The minimum atomic E-state index is -1.05. The second-order valence-corrected chi connectivity index (χ2v) is 7.66. The number of carbonyl (C=O) groups is 3. The van der Waals surface area contributed by atoms with E-state index in [-0.39, 0.29) is 12.3 Å². The van der Waals surface area contributed by atoms with E-state index in [1.54, 1.807) is 20.8 Å². The molecule has 1 atom stereocenters. The first-order chi connectivity index (χ1) is 15.8. The molecule has 0 radical (unpaired) electrons. The molecule has 3 aromatic rings. The van der Waals surface area contributed by atoms with Crippen LogP contribution in [0, 0.1) is 13.8 Å². The van der Waals surface area contributed by atoms with Crippen molar-refractivity contribution in [2.75, 3.05) is 6.61 Å². The van der Waals surface area contributed by atoms with E-state index in [2.05, 4.69) is 10.3 Å². The van der Waals surface area contributed by atoms with Crippen molar-refractivity contribution in [2.45, 2.75) is 39.8 Å². The van der Waals surface area contributed by atoms with Gasteiger partial charge in [-0.1, -0.05) is 60.7 Å². The van der Waals surface area contributed by atoms with Crippen LogP contribution in [-0.2, 0) is 14.3 Å². The Morgan fingerprint density at radius 1 is 0.909 bits per heavy atom. The summed E-state index contributed by atoms with van der Waals surface area (Å²) in [4.78, 5) is 40.8. The number of H-pyrrole nitrogens is 1. The van der Waals surface area contributed by atoms with Crippen LogP contribution in [0.2, 0.25) is 0 Å². The predicted octanol–water partition coefficient (Wildman–Crippen LogP) is 4.26. The number of hydrogen-bond acceptors (Lipinski definition) is 5. The van der Waals surface area contributed by atoms with Gasteiger partial charge in [0.15, 0.2) is 6.10 Å². The van der Waals surface area contributed by atoms with Crippen molar-refractivity contribution in [3.8, 4) is 0 Å². The predicted molar refractivity (Wildman–Crippen MR) is 124 cm³/mol. The van der Waals surface area contributed by atoms with Crippen molar-refractivity contribution in [2.24, 2.45) is 0 Å². The van der Waals surface area contributed by atoms with Gasteiger partial charge in [-0.25, -0.2) is 9.59 Å². The van der Waals surface area contributed by atoms with Gasteiger partial charge in [0.25, 0.3) is 5.91 Å². The molecule has 1 amide bonds. The van der Waals surface area contributed by atoms with Gasteiger partial charge in [-0.3, -0.25) is 4.79 Å². The number of aryl methyl sites for hydroxylation is 1. The average Bonchev–Trinajstić information content (AvgIpc) is 3.12. The zero-order chi connectivity index (χ0) is 24.0. The van der Waals surface area contributed by atoms with Crippen LogP contribution in [0.25, 0.3) is 0 Å². The van der Waals surface area contributed by atoms with Crippen molar-refractivity contribution in [1.29, 1.82) is 0 Å². The second kappa shape index (κ2) is 10.6. The Bertz CT molecular complexity index is 1080. The lowest BCUT2D eigenvalue weighted by atomic mass is 9.98. The van der Waals surface area contributed by atoms with Crippen LogP contribution in [0.1, 0.15) is 63.1 Å². The molecular weight excluding hydrogens is 420 g/mol. The summed E-state index contributed by atoms with van der Waals surface area (Å²) >= 11 is 0. The monoisotopic (exact) mass is 448 g/mol. The molecule has 1 heterocycles. The standard InChI is InChI=1S/C26H28N2O5/c1-5-32-25(30)21-16(2)22(27-17(21)3)26(31)33-18(4)24(29)28-23(19-12-8-6-9-13-19)20-14-10-7-11-15-20/h6-15,18,23,27H,5H2,1-4H3,(H,28,29). The Morgan fingerprint density at radius 3 is 1.97 bits per heavy atom. The lowest BCUT2D eigenvalue weighted by molar-refractivity contribution is -0.129. The maximum absolute atomic E-state index is 12.9. The zero-order valence-electron chi connectivity index (χ0n) is 19.2. The van der Waals surface area contributed by atoms with E-state index in [1.165, 1.54) is 6.92 Å². The maximum Gasteiger partial charge on any atom is 0.355 e. The van der Waals surface area contributed by atoms with Gasteiger partial charge in [-0.15, -0.1) is 0 Å². The van der Waals surface area contributed by atoms with E-state index in [1.807, 2.05) is 60.7 Å². The quantitative estimate of drug-likeness (QED) is 0.502. The van der Waals surface area contributed by atoms with Crippen molar-refractivity contribution in [3.63, 3.8) is 0 Å². The van der Waals surface area contributed by atoms with Crippen molar-refractivity contribution in [3.05, 3.63) is 94.3 Å². The molecule has 0 bridgehead atoms. The molecule has 0 aliphatic carbocycles. The summed E-state index contributed by atoms with van der Waals surface area (Å²) in [5, 5.41) is 2.97. The van der Waals surface area contributed by atoms with Crippen LogP contribution in [0.15, 0.2) is 60.7 Å². The van der Waals surface area contributed by atoms with Gasteiger partial charge >= 0.3 is 11.9 Å². The Morgan fingerprint density at radius 2 is 1.45 bits per heavy atom. The van der Waals surface area contributed by atoms with E-state index >= 15 is 0 Å². The van der Waals surface area contributed by atoms with E-state index in [9.17, 15) is 14.4 Å². The highest BCUT2D eigenvalue weighted by Gasteiger charge is 2.27. The number of carbonyl (C=O) groups excluding carboxylic acids is 3. The maximum atomic E-state index is 12.9. The topological polar surface area (TPSA) is 97.5 Å². The van der Waals surface area contributed by atoms with Gasteiger partial charge in [0, 0.05) is 5.69 Å². The molecule has 0 aliphatic heterocycles. The molecule has 0 saturated heterocycles. The number of rotatable bonds is 8. The largest absolute Gasteiger partial charge is 0.462 e. The van der Waals surface area contributed by atoms with Gasteiger partial charge in [-0.05, 0) is 44.4 Å². The van der Waals surface area contributed by atoms with E-state index in [4.69, 9.17) is 9.47 Å². The van der Waals surface area contributed by atoms with Gasteiger partial charge in [0.05, 0.1) is 18.2 Å². The van der Waals surface area contributed by atoms with Gasteiger partial charge in [-0.2, -0.15) is 0 Å². The Labute approximate surface area is 193 Å². The molecule has 1 unspecified atom stereocenters. The van der Waals surface area contributed by atoms with Crippen molar-refractivity contribution < 1.29 is 23.9 Å². The van der Waals surface area contributed by atoms with Crippen LogP contribution >= 0.6 is 0 Å². The van der Waals surface area contributed by atoms with Gasteiger partial charge < -0.3 is 19.8 Å².